The number of halogens is 3. The van der Waals surface area contributed by atoms with Crippen molar-refractivity contribution in [2.45, 2.75) is 26.2 Å². The Labute approximate surface area is 149 Å². The van der Waals surface area contributed by atoms with E-state index in [4.69, 9.17) is 0 Å². The Kier molecular flexibility index (Phi) is 5.32. The molecule has 3 rings (SSSR count). The summed E-state index contributed by atoms with van der Waals surface area (Å²) in [4.78, 5) is 2.15. The van der Waals surface area contributed by atoms with Gasteiger partial charge in [-0.15, -0.1) is 5.10 Å². The number of nitrogens with zero attached hydrogens (tertiary/aromatic N) is 5. The van der Waals surface area contributed by atoms with Gasteiger partial charge in [-0.2, -0.15) is 17.9 Å². The van der Waals surface area contributed by atoms with Crippen LogP contribution in [0.25, 0.3) is 5.69 Å². The molecule has 136 valence electrons. The summed E-state index contributed by atoms with van der Waals surface area (Å²) in [6, 6.07) is 14.8. The smallest absolute Gasteiger partial charge is 0.292 e. The maximum atomic E-state index is 12.7. The molecule has 0 radical (unpaired) electrons. The van der Waals surface area contributed by atoms with Crippen LogP contribution in [0.3, 0.4) is 0 Å². The Balaban J connectivity index is 1.77. The molecule has 0 amide bonds. The fraction of sp³-hybridized carbons (Fsp3) is 0.278. The zero-order chi connectivity index (χ0) is 18.6. The van der Waals surface area contributed by atoms with E-state index < -0.39 is 11.7 Å². The molecule has 0 saturated carbocycles. The Morgan fingerprint density at radius 2 is 1.65 bits per heavy atom. The van der Waals surface area contributed by atoms with Crippen molar-refractivity contribution in [3.8, 4) is 5.69 Å². The van der Waals surface area contributed by atoms with Crippen molar-refractivity contribution in [1.29, 1.82) is 0 Å². The highest BCUT2D eigenvalue weighted by atomic mass is 19.4. The van der Waals surface area contributed by atoms with E-state index in [1.54, 1.807) is 0 Å². The third-order valence-corrected chi connectivity index (χ3v) is 4.03. The maximum absolute atomic E-state index is 12.7. The van der Waals surface area contributed by atoms with Gasteiger partial charge < -0.3 is 0 Å². The van der Waals surface area contributed by atoms with Gasteiger partial charge in [-0.1, -0.05) is 37.3 Å². The fourth-order valence-electron chi connectivity index (χ4n) is 2.62. The maximum Gasteiger partial charge on any atom is 0.416 e. The first-order valence-electron chi connectivity index (χ1n) is 8.18. The fourth-order valence-corrected chi connectivity index (χ4v) is 2.62. The van der Waals surface area contributed by atoms with Gasteiger partial charge in [0.1, 0.15) is 0 Å². The summed E-state index contributed by atoms with van der Waals surface area (Å²) in [5.41, 5.74) is 0.965. The highest BCUT2D eigenvalue weighted by Gasteiger charge is 2.30. The summed E-state index contributed by atoms with van der Waals surface area (Å²) in [6.45, 7) is 4.04. The van der Waals surface area contributed by atoms with Gasteiger partial charge in [-0.25, -0.2) is 0 Å². The second kappa shape index (κ2) is 7.65. The summed E-state index contributed by atoms with van der Waals surface area (Å²) >= 11 is 0. The minimum absolute atomic E-state index is 0.486. The number of rotatable bonds is 6. The van der Waals surface area contributed by atoms with Crippen molar-refractivity contribution in [2.75, 3.05) is 6.54 Å². The van der Waals surface area contributed by atoms with Crippen molar-refractivity contribution in [2.24, 2.45) is 0 Å². The average Bonchev–Trinajstić information content (AvgIpc) is 3.09. The van der Waals surface area contributed by atoms with Crippen LogP contribution < -0.4 is 0 Å². The van der Waals surface area contributed by atoms with Crippen LogP contribution >= 0.6 is 0 Å². The third kappa shape index (κ3) is 4.26. The van der Waals surface area contributed by atoms with Gasteiger partial charge in [-0.05, 0) is 46.8 Å². The molecular formula is C18H18F3N5. The molecule has 5 nitrogen and oxygen atoms in total. The first-order valence-corrected chi connectivity index (χ1v) is 8.18. The van der Waals surface area contributed by atoms with Crippen LogP contribution in [-0.4, -0.2) is 31.7 Å². The molecule has 1 aromatic heterocycles. The Morgan fingerprint density at radius 1 is 0.962 bits per heavy atom. The quantitative estimate of drug-likeness (QED) is 0.672. The van der Waals surface area contributed by atoms with Crippen LogP contribution in [0.5, 0.6) is 0 Å². The van der Waals surface area contributed by atoms with E-state index in [-0.39, 0.29) is 0 Å². The number of hydrogen-bond acceptors (Lipinski definition) is 4. The van der Waals surface area contributed by atoms with Gasteiger partial charge in [0.25, 0.3) is 0 Å². The molecule has 0 saturated heterocycles. The molecule has 26 heavy (non-hydrogen) atoms. The summed E-state index contributed by atoms with van der Waals surface area (Å²) in [6.07, 6.45) is -4.36. The van der Waals surface area contributed by atoms with Gasteiger partial charge in [0.05, 0.1) is 17.8 Å². The Bertz CT molecular complexity index is 828. The van der Waals surface area contributed by atoms with E-state index >= 15 is 0 Å². The van der Waals surface area contributed by atoms with Crippen molar-refractivity contribution >= 4 is 0 Å². The second-order valence-corrected chi connectivity index (χ2v) is 5.84. The molecule has 2 aromatic carbocycles. The van der Waals surface area contributed by atoms with Gasteiger partial charge in [0.2, 0.25) is 0 Å². The Hall–Kier alpha value is -2.74. The minimum Gasteiger partial charge on any atom is -0.292 e. The van der Waals surface area contributed by atoms with Crippen molar-refractivity contribution in [3.05, 3.63) is 71.5 Å². The van der Waals surface area contributed by atoms with Gasteiger partial charge in [0.15, 0.2) is 5.82 Å². The first-order chi connectivity index (χ1) is 12.5. The average molecular weight is 361 g/mol. The summed E-state index contributed by atoms with van der Waals surface area (Å²) in [7, 11) is 0. The van der Waals surface area contributed by atoms with Gasteiger partial charge >= 0.3 is 6.18 Å². The zero-order valence-electron chi connectivity index (χ0n) is 14.2. The van der Waals surface area contributed by atoms with E-state index in [9.17, 15) is 13.2 Å². The van der Waals surface area contributed by atoms with Crippen molar-refractivity contribution in [3.63, 3.8) is 0 Å². The molecule has 0 aliphatic rings. The normalized spacial score (nSPS) is 11.9. The number of hydrogen-bond donors (Lipinski definition) is 0. The SMILES string of the molecule is CCN(Cc1ccccc1)Cc1nnnn1-c1ccc(C(F)(F)F)cc1. The third-order valence-electron chi connectivity index (χ3n) is 4.03. The lowest BCUT2D eigenvalue weighted by Crippen LogP contribution is -2.24. The number of alkyl halides is 3. The van der Waals surface area contributed by atoms with E-state index in [1.165, 1.54) is 22.4 Å². The van der Waals surface area contributed by atoms with E-state index in [0.29, 0.717) is 18.1 Å². The number of aromatic nitrogens is 4. The predicted octanol–water partition coefficient (Wildman–Crippen LogP) is 3.70. The van der Waals surface area contributed by atoms with E-state index in [2.05, 4.69) is 20.4 Å². The molecule has 0 unspecified atom stereocenters. The topological polar surface area (TPSA) is 46.8 Å². The predicted molar refractivity (Wildman–Crippen MR) is 90.4 cm³/mol. The summed E-state index contributed by atoms with van der Waals surface area (Å²) in [5.74, 6) is 0.572. The molecule has 0 aliphatic carbocycles. The van der Waals surface area contributed by atoms with Crippen LogP contribution in [0.4, 0.5) is 13.2 Å². The first kappa shape index (κ1) is 18.1. The summed E-state index contributed by atoms with van der Waals surface area (Å²) in [5, 5.41) is 11.6. The molecule has 1 heterocycles. The molecule has 0 atom stereocenters. The highest BCUT2D eigenvalue weighted by molar-refractivity contribution is 5.35. The molecule has 0 aliphatic heterocycles. The molecule has 0 spiro atoms. The van der Waals surface area contributed by atoms with Crippen LogP contribution in [0, 0.1) is 0 Å². The molecule has 3 aromatic rings. The van der Waals surface area contributed by atoms with Crippen molar-refractivity contribution in [1.82, 2.24) is 25.1 Å². The standard InChI is InChI=1S/C18H18F3N5/c1-2-25(12-14-6-4-3-5-7-14)13-17-22-23-24-26(17)16-10-8-15(9-11-16)18(19,20)21/h3-11H,2,12-13H2,1H3. The zero-order valence-corrected chi connectivity index (χ0v) is 14.2. The number of benzene rings is 2. The highest BCUT2D eigenvalue weighted by Crippen LogP contribution is 2.29. The molecule has 0 bridgehead atoms. The van der Waals surface area contributed by atoms with Crippen LogP contribution in [0.2, 0.25) is 0 Å². The minimum atomic E-state index is -4.36. The van der Waals surface area contributed by atoms with Crippen LogP contribution in [0.15, 0.2) is 54.6 Å². The largest absolute Gasteiger partial charge is 0.416 e. The number of tetrazole rings is 1. The lowest BCUT2D eigenvalue weighted by Gasteiger charge is -2.19. The lowest BCUT2D eigenvalue weighted by molar-refractivity contribution is -0.137. The second-order valence-electron chi connectivity index (χ2n) is 5.84. The van der Waals surface area contributed by atoms with Gasteiger partial charge in [0, 0.05) is 6.54 Å². The van der Waals surface area contributed by atoms with E-state index in [0.717, 1.165) is 25.2 Å². The molecule has 0 N–H and O–H groups in total. The summed E-state index contributed by atoms with van der Waals surface area (Å²) < 4.78 is 39.6. The van der Waals surface area contributed by atoms with Crippen molar-refractivity contribution < 1.29 is 13.2 Å². The van der Waals surface area contributed by atoms with Crippen LogP contribution in [-0.2, 0) is 19.3 Å². The molecule has 8 heteroatoms. The molecular weight excluding hydrogens is 343 g/mol. The monoisotopic (exact) mass is 361 g/mol. The molecule has 0 fully saturated rings. The Morgan fingerprint density at radius 3 is 2.27 bits per heavy atom. The lowest BCUT2D eigenvalue weighted by atomic mass is 10.2. The van der Waals surface area contributed by atoms with Gasteiger partial charge in [-0.3, -0.25) is 4.90 Å². The van der Waals surface area contributed by atoms with Crippen LogP contribution in [0.1, 0.15) is 23.9 Å². The van der Waals surface area contributed by atoms with E-state index in [1.807, 2.05) is 37.3 Å².